The van der Waals surface area contributed by atoms with Gasteiger partial charge >= 0.3 is 5.97 Å². The first-order valence-corrected chi connectivity index (χ1v) is 10.1. The van der Waals surface area contributed by atoms with Crippen LogP contribution >= 0.6 is 11.8 Å². The summed E-state index contributed by atoms with van der Waals surface area (Å²) in [7, 11) is 1.36. The third kappa shape index (κ3) is 15.9. The minimum absolute atomic E-state index is 0.225. The number of methoxy groups -OCH3 is 1. The summed E-state index contributed by atoms with van der Waals surface area (Å²) in [5, 5.41) is -0.239. The minimum atomic E-state index is -0.287. The van der Waals surface area contributed by atoms with Crippen molar-refractivity contribution >= 4 is 24.0 Å². The summed E-state index contributed by atoms with van der Waals surface area (Å²) in [6.07, 6.45) is 19.2. The van der Waals surface area contributed by atoms with E-state index in [2.05, 4.69) is 17.7 Å². The normalized spacial score (nSPS) is 12.4. The van der Waals surface area contributed by atoms with E-state index in [0.717, 1.165) is 12.7 Å². The number of unbranched alkanes of at least 4 members (excludes halogenated alkanes) is 10. The Morgan fingerprint density at radius 3 is 2.09 bits per heavy atom. The van der Waals surface area contributed by atoms with Gasteiger partial charge in [-0.3, -0.25) is 4.79 Å². The van der Waals surface area contributed by atoms with Gasteiger partial charge in [-0.05, 0) is 12.8 Å². The number of hydrogen-bond donors (Lipinski definition) is 0. The zero-order valence-corrected chi connectivity index (χ0v) is 15.7. The number of esters is 1. The fourth-order valence-corrected chi connectivity index (χ4v) is 3.09. The third-order valence-corrected chi connectivity index (χ3v) is 4.86. The molecule has 1 atom stereocenters. The molecule has 134 valence electrons. The van der Waals surface area contributed by atoms with Gasteiger partial charge in [-0.2, -0.15) is 0 Å². The summed E-state index contributed by atoms with van der Waals surface area (Å²) < 4.78 is 4.56. The highest BCUT2D eigenvalue weighted by atomic mass is 32.2. The SMILES string of the molecule is CCCCCCCCCCCC/C=C\C(C=O)SCC(=O)OC. The molecule has 0 bridgehead atoms. The number of thioether (sulfide) groups is 1. The number of carbonyl (C=O) groups excluding carboxylic acids is 2. The van der Waals surface area contributed by atoms with Gasteiger partial charge in [0.25, 0.3) is 0 Å². The van der Waals surface area contributed by atoms with Crippen LogP contribution in [0, 0.1) is 0 Å². The van der Waals surface area contributed by atoms with E-state index >= 15 is 0 Å². The predicted octanol–water partition coefficient (Wildman–Crippen LogP) is 5.33. The average molecular weight is 343 g/mol. The summed E-state index contributed by atoms with van der Waals surface area (Å²) in [5.41, 5.74) is 0. The Morgan fingerprint density at radius 2 is 1.57 bits per heavy atom. The number of allylic oxidation sites excluding steroid dienone is 1. The van der Waals surface area contributed by atoms with Crippen LogP contribution in [0.4, 0.5) is 0 Å². The molecule has 0 spiro atoms. The van der Waals surface area contributed by atoms with E-state index in [9.17, 15) is 9.59 Å². The van der Waals surface area contributed by atoms with Gasteiger partial charge in [0.1, 0.15) is 6.29 Å². The van der Waals surface area contributed by atoms with Gasteiger partial charge in [0, 0.05) is 0 Å². The van der Waals surface area contributed by atoms with Gasteiger partial charge in [0.05, 0.1) is 18.1 Å². The monoisotopic (exact) mass is 342 g/mol. The van der Waals surface area contributed by atoms with Crippen LogP contribution in [0.25, 0.3) is 0 Å². The molecule has 1 unspecified atom stereocenters. The molecule has 0 amide bonds. The molecule has 0 heterocycles. The second-order valence-corrected chi connectivity index (χ2v) is 7.05. The van der Waals surface area contributed by atoms with Gasteiger partial charge in [-0.1, -0.05) is 76.9 Å². The van der Waals surface area contributed by atoms with Gasteiger partial charge in [-0.25, -0.2) is 0 Å². The summed E-state index contributed by atoms with van der Waals surface area (Å²) in [6.45, 7) is 2.25. The fraction of sp³-hybridized carbons (Fsp3) is 0.789. The Labute approximate surface area is 146 Å². The molecule has 4 heteroatoms. The Balaban J connectivity index is 3.44. The second-order valence-electron chi connectivity index (χ2n) is 5.89. The molecule has 0 aliphatic rings. The second kappa shape index (κ2) is 17.6. The molecule has 0 N–H and O–H groups in total. The third-order valence-electron chi connectivity index (χ3n) is 3.81. The van der Waals surface area contributed by atoms with Crippen LogP contribution in [0.5, 0.6) is 0 Å². The van der Waals surface area contributed by atoms with E-state index < -0.39 is 0 Å². The lowest BCUT2D eigenvalue weighted by molar-refractivity contribution is -0.137. The van der Waals surface area contributed by atoms with Crippen LogP contribution < -0.4 is 0 Å². The molecule has 0 radical (unpaired) electrons. The lowest BCUT2D eigenvalue weighted by atomic mass is 10.1. The highest BCUT2D eigenvalue weighted by Crippen LogP contribution is 2.13. The summed E-state index contributed by atoms with van der Waals surface area (Å²) in [6, 6.07) is 0. The van der Waals surface area contributed by atoms with Crippen LogP contribution in [0.2, 0.25) is 0 Å². The highest BCUT2D eigenvalue weighted by Gasteiger charge is 2.07. The zero-order valence-electron chi connectivity index (χ0n) is 14.9. The van der Waals surface area contributed by atoms with Gasteiger partial charge in [-0.15, -0.1) is 11.8 Å². The first-order valence-electron chi connectivity index (χ1n) is 9.05. The van der Waals surface area contributed by atoms with E-state index in [1.807, 2.05) is 6.08 Å². The maximum absolute atomic E-state index is 11.0. The quantitative estimate of drug-likeness (QED) is 0.165. The van der Waals surface area contributed by atoms with Crippen molar-refractivity contribution in [2.45, 2.75) is 82.8 Å². The average Bonchev–Trinajstić information content (AvgIpc) is 2.58. The lowest BCUT2D eigenvalue weighted by Gasteiger charge is -2.04. The van der Waals surface area contributed by atoms with E-state index in [4.69, 9.17) is 0 Å². The Kier molecular flexibility index (Phi) is 17.0. The van der Waals surface area contributed by atoms with Crippen molar-refractivity contribution in [1.82, 2.24) is 0 Å². The summed E-state index contributed by atoms with van der Waals surface area (Å²) >= 11 is 1.31. The van der Waals surface area contributed by atoms with Crippen molar-refractivity contribution < 1.29 is 14.3 Å². The summed E-state index contributed by atoms with van der Waals surface area (Å²) in [5.74, 6) is -0.0624. The van der Waals surface area contributed by atoms with Gasteiger partial charge in [0.15, 0.2) is 0 Å². The van der Waals surface area contributed by atoms with Crippen molar-refractivity contribution in [1.29, 1.82) is 0 Å². The minimum Gasteiger partial charge on any atom is -0.468 e. The van der Waals surface area contributed by atoms with E-state index in [1.165, 1.54) is 83.1 Å². The number of hydrogen-bond acceptors (Lipinski definition) is 4. The van der Waals surface area contributed by atoms with Gasteiger partial charge in [0.2, 0.25) is 0 Å². The molecule has 0 aliphatic heterocycles. The van der Waals surface area contributed by atoms with Crippen LogP contribution in [-0.4, -0.2) is 30.4 Å². The highest BCUT2D eigenvalue weighted by molar-refractivity contribution is 8.01. The molecule has 0 aromatic carbocycles. The molecule has 0 rings (SSSR count). The molecule has 3 nitrogen and oxygen atoms in total. The van der Waals surface area contributed by atoms with E-state index in [1.54, 1.807) is 0 Å². The first-order chi connectivity index (χ1) is 11.2. The topological polar surface area (TPSA) is 43.4 Å². The number of ether oxygens (including phenoxy) is 1. The van der Waals surface area contributed by atoms with Crippen molar-refractivity contribution in [3.8, 4) is 0 Å². The van der Waals surface area contributed by atoms with Crippen LogP contribution in [0.3, 0.4) is 0 Å². The molecular weight excluding hydrogens is 308 g/mol. The van der Waals surface area contributed by atoms with Crippen molar-refractivity contribution in [3.05, 3.63) is 12.2 Å². The van der Waals surface area contributed by atoms with E-state index in [-0.39, 0.29) is 17.0 Å². The van der Waals surface area contributed by atoms with Crippen LogP contribution in [0.1, 0.15) is 77.6 Å². The zero-order chi connectivity index (χ0) is 17.2. The molecule has 0 aromatic heterocycles. The van der Waals surface area contributed by atoms with Crippen molar-refractivity contribution in [3.63, 3.8) is 0 Å². The largest absolute Gasteiger partial charge is 0.468 e. The molecule has 0 aromatic rings. The van der Waals surface area contributed by atoms with Crippen LogP contribution in [-0.2, 0) is 14.3 Å². The fourth-order valence-electron chi connectivity index (χ4n) is 2.34. The van der Waals surface area contributed by atoms with Crippen LogP contribution in [0.15, 0.2) is 12.2 Å². The van der Waals surface area contributed by atoms with Crippen molar-refractivity contribution in [2.75, 3.05) is 12.9 Å². The predicted molar refractivity (Wildman–Crippen MR) is 99.9 cm³/mol. The maximum atomic E-state index is 11.0. The number of carbonyl (C=O) groups is 2. The lowest BCUT2D eigenvalue weighted by Crippen LogP contribution is -2.09. The number of rotatable bonds is 16. The Morgan fingerprint density at radius 1 is 1.00 bits per heavy atom. The number of aldehydes is 1. The van der Waals surface area contributed by atoms with Crippen molar-refractivity contribution in [2.24, 2.45) is 0 Å². The molecular formula is C19H34O3S. The smallest absolute Gasteiger partial charge is 0.315 e. The molecule has 0 fully saturated rings. The molecule has 0 aliphatic carbocycles. The molecule has 0 saturated heterocycles. The Bertz CT molecular complexity index is 316. The standard InChI is InChI=1S/C19H34O3S/c1-3-4-5-6-7-8-9-10-11-12-13-14-15-18(16-20)23-17-19(21)22-2/h14-16,18H,3-13,17H2,1-2H3/b15-14-. The van der Waals surface area contributed by atoms with E-state index in [0.29, 0.717) is 0 Å². The molecule has 23 heavy (non-hydrogen) atoms. The Hall–Kier alpha value is -0.770. The molecule has 0 saturated carbocycles. The van der Waals surface area contributed by atoms with Gasteiger partial charge < -0.3 is 9.53 Å². The maximum Gasteiger partial charge on any atom is 0.315 e. The first kappa shape index (κ1) is 22.2. The summed E-state index contributed by atoms with van der Waals surface area (Å²) in [4.78, 5) is 21.9.